The topological polar surface area (TPSA) is 163 Å². The van der Waals surface area contributed by atoms with E-state index in [1.807, 2.05) is 73.6 Å². The first-order chi connectivity index (χ1) is 28.3. The highest BCUT2D eigenvalue weighted by atomic mass is 16.5. The Morgan fingerprint density at radius 2 is 0.934 bits per heavy atom. The Balaban J connectivity index is 1.59. The monoisotopic (exact) mass is 859 g/mol. The highest BCUT2D eigenvalue weighted by Gasteiger charge is 2.46. The molecular formula is C49H90N6O6. The maximum atomic E-state index is 12.8. The van der Waals surface area contributed by atoms with Gasteiger partial charge in [0.2, 0.25) is 23.6 Å². The zero-order chi connectivity index (χ0) is 46.0. The first kappa shape index (κ1) is 54.3. The third kappa shape index (κ3) is 21.0. The Morgan fingerprint density at radius 1 is 0.557 bits per heavy atom. The Kier molecular flexibility index (Phi) is 22.7. The van der Waals surface area contributed by atoms with Gasteiger partial charge >= 0.3 is 0 Å². The molecule has 0 spiro atoms. The summed E-state index contributed by atoms with van der Waals surface area (Å²) in [7, 11) is 0. The number of hydroxylamine groups is 4. The summed E-state index contributed by atoms with van der Waals surface area (Å²) in [5.41, 5.74) is -1.69. The minimum absolute atomic E-state index is 0.00720. The Morgan fingerprint density at radius 3 is 1.34 bits per heavy atom. The van der Waals surface area contributed by atoms with Crippen molar-refractivity contribution in [2.24, 2.45) is 17.8 Å². The number of nitrogens with one attached hydrogen (secondary N) is 4. The van der Waals surface area contributed by atoms with E-state index in [4.69, 9.17) is 0 Å². The number of rotatable bonds is 26. The number of unbranched alkanes of at least 4 members (excludes halogenated alkanes) is 7. The largest absolute Gasteiger partial charge is 0.356 e. The molecule has 352 valence electrons. The van der Waals surface area contributed by atoms with Gasteiger partial charge in [-0.1, -0.05) is 90.5 Å². The second-order valence-corrected chi connectivity index (χ2v) is 21.8. The molecule has 12 heteroatoms. The normalized spacial score (nSPS) is 20.6. The van der Waals surface area contributed by atoms with Gasteiger partial charge in [-0.3, -0.25) is 19.2 Å². The van der Waals surface area contributed by atoms with Crippen molar-refractivity contribution in [1.82, 2.24) is 31.4 Å². The van der Waals surface area contributed by atoms with Crippen LogP contribution in [0, 0.1) is 17.8 Å². The highest BCUT2D eigenvalue weighted by Crippen LogP contribution is 2.38. The lowest BCUT2D eigenvalue weighted by Crippen LogP contribution is -2.62. The van der Waals surface area contributed by atoms with Crippen molar-refractivity contribution >= 4 is 23.6 Å². The van der Waals surface area contributed by atoms with Crippen LogP contribution >= 0.6 is 0 Å². The van der Waals surface area contributed by atoms with E-state index in [-0.39, 0.29) is 54.1 Å². The summed E-state index contributed by atoms with van der Waals surface area (Å²) in [5.74, 6) is 1.12. The summed E-state index contributed by atoms with van der Waals surface area (Å²) >= 11 is 0. The van der Waals surface area contributed by atoms with Crippen LogP contribution in [0.5, 0.6) is 0 Å². The van der Waals surface area contributed by atoms with Gasteiger partial charge in [0.25, 0.3) is 0 Å². The first-order valence-corrected chi connectivity index (χ1v) is 23.8. The van der Waals surface area contributed by atoms with Crippen LogP contribution in [0.15, 0.2) is 24.3 Å². The molecule has 4 amide bonds. The fraction of sp³-hybridized carbons (Fsp3) is 0.837. The van der Waals surface area contributed by atoms with E-state index in [1.54, 1.807) is 0 Å². The molecule has 0 bridgehead atoms. The molecular weight excluding hydrogens is 769 g/mol. The van der Waals surface area contributed by atoms with Crippen LogP contribution in [0.2, 0.25) is 0 Å². The molecule has 0 aromatic carbocycles. The van der Waals surface area contributed by atoms with E-state index < -0.39 is 22.2 Å². The van der Waals surface area contributed by atoms with Gasteiger partial charge in [0.15, 0.2) is 0 Å². The van der Waals surface area contributed by atoms with Crippen LogP contribution in [0.4, 0.5) is 0 Å². The number of hydrogen-bond donors (Lipinski definition) is 6. The summed E-state index contributed by atoms with van der Waals surface area (Å²) < 4.78 is 0. The third-order valence-corrected chi connectivity index (χ3v) is 12.4. The van der Waals surface area contributed by atoms with Crippen LogP contribution < -0.4 is 21.3 Å². The predicted molar refractivity (Wildman–Crippen MR) is 247 cm³/mol. The molecule has 6 N–H and O–H groups in total. The number of carbonyl (C=O) groups excluding carboxylic acids is 4. The molecule has 2 saturated heterocycles. The molecule has 2 atom stereocenters. The highest BCUT2D eigenvalue weighted by molar-refractivity contribution is 5.79. The zero-order valence-electron chi connectivity index (χ0n) is 40.6. The van der Waals surface area contributed by atoms with Crippen molar-refractivity contribution in [2.75, 3.05) is 6.54 Å². The summed E-state index contributed by atoms with van der Waals surface area (Å²) in [6.07, 6.45) is 22.1. The van der Waals surface area contributed by atoms with Crippen molar-refractivity contribution in [3.63, 3.8) is 0 Å². The molecule has 2 fully saturated rings. The van der Waals surface area contributed by atoms with Crippen molar-refractivity contribution < 1.29 is 29.6 Å². The maximum absolute atomic E-state index is 12.8. The van der Waals surface area contributed by atoms with Gasteiger partial charge in [-0.05, 0) is 125 Å². The van der Waals surface area contributed by atoms with Crippen molar-refractivity contribution in [1.29, 1.82) is 0 Å². The van der Waals surface area contributed by atoms with E-state index in [1.165, 1.54) is 10.1 Å². The minimum atomic E-state index is -0.426. The van der Waals surface area contributed by atoms with Crippen LogP contribution in [-0.2, 0) is 19.2 Å². The van der Waals surface area contributed by atoms with E-state index in [9.17, 15) is 29.6 Å². The fourth-order valence-electron chi connectivity index (χ4n) is 9.80. The number of hydrogen-bond acceptors (Lipinski definition) is 8. The third-order valence-electron chi connectivity index (χ3n) is 12.4. The van der Waals surface area contributed by atoms with Crippen LogP contribution in [0.3, 0.4) is 0 Å². The molecule has 61 heavy (non-hydrogen) atoms. The average Bonchev–Trinajstić information content (AvgIpc) is 3.11. The van der Waals surface area contributed by atoms with Crippen LogP contribution in [-0.4, -0.2) is 91.0 Å². The summed E-state index contributed by atoms with van der Waals surface area (Å²) in [5, 5.41) is 36.6. The average molecular weight is 859 g/mol. The van der Waals surface area contributed by atoms with Gasteiger partial charge in [-0.2, -0.15) is 10.1 Å². The lowest BCUT2D eigenvalue weighted by Gasteiger charge is -2.51. The number of amides is 4. The molecule has 12 nitrogen and oxygen atoms in total. The van der Waals surface area contributed by atoms with Gasteiger partial charge in [0.05, 0.1) is 0 Å². The van der Waals surface area contributed by atoms with Gasteiger partial charge in [-0.15, -0.1) is 0 Å². The molecule has 2 aliphatic heterocycles. The summed E-state index contributed by atoms with van der Waals surface area (Å²) in [6.45, 7) is 25.1. The predicted octanol–water partition coefficient (Wildman–Crippen LogP) is 9.14. The standard InChI is InChI=1S/C49H90N6O6/c1-36(2)29-38(23-21-27-44(58)52-40-31-46(5,6)54(60)47(7,8)32-40)35-50-42(56)25-19-17-15-13-14-16-18-20-26-43(57)51-39(30-37(3)4)24-22-28-45(59)53-41-33-48(9,10)55(61)49(11,12)34-41/h21-24,36-41,60-61H,13-20,25-35H2,1-12H3,(H,50,56)(H,51,57)(H,52,58)(H,53,59)/b23-21+,24-22+. The van der Waals surface area contributed by atoms with Crippen LogP contribution in [0.25, 0.3) is 0 Å². The second-order valence-electron chi connectivity index (χ2n) is 21.8. The lowest BCUT2D eigenvalue weighted by molar-refractivity contribution is -0.246. The first-order valence-electron chi connectivity index (χ1n) is 23.8. The number of carbonyl (C=O) groups is 4. The Hall–Kier alpha value is -2.80. The van der Waals surface area contributed by atoms with E-state index in [2.05, 4.69) is 55.0 Å². The molecule has 0 radical (unpaired) electrons. The van der Waals surface area contributed by atoms with E-state index >= 15 is 0 Å². The van der Waals surface area contributed by atoms with Gasteiger partial charge < -0.3 is 31.7 Å². The molecule has 0 saturated carbocycles. The summed E-state index contributed by atoms with van der Waals surface area (Å²) in [6, 6.07) is -0.106. The smallest absolute Gasteiger partial charge is 0.224 e. The fourth-order valence-corrected chi connectivity index (χ4v) is 9.80. The molecule has 0 aromatic rings. The SMILES string of the molecule is CC(C)CC(/C=C/CC(=O)NC1CC(C)(C)N(O)C(C)(C)C1)CNC(=O)CCCCCCCCCCC(=O)NC(/C=C/CC(=O)NC1CC(C)(C)N(O)C(C)(C)C1)CC(C)C. The molecule has 2 aliphatic rings. The van der Waals surface area contributed by atoms with Crippen molar-refractivity contribution in [3.05, 3.63) is 24.3 Å². The quantitative estimate of drug-likeness (QED) is 0.0371. The lowest BCUT2D eigenvalue weighted by atomic mass is 9.79. The van der Waals surface area contributed by atoms with Gasteiger partial charge in [-0.25, -0.2) is 0 Å². The van der Waals surface area contributed by atoms with Gasteiger partial charge in [0, 0.05) is 72.5 Å². The number of piperidine rings is 2. The maximum Gasteiger partial charge on any atom is 0.224 e. The van der Waals surface area contributed by atoms with Crippen molar-refractivity contribution in [3.8, 4) is 0 Å². The zero-order valence-corrected chi connectivity index (χ0v) is 40.6. The molecule has 2 rings (SSSR count). The minimum Gasteiger partial charge on any atom is -0.356 e. The van der Waals surface area contributed by atoms with Crippen LogP contribution in [0.1, 0.15) is 199 Å². The molecule has 2 unspecified atom stereocenters. The van der Waals surface area contributed by atoms with E-state index in [0.29, 0.717) is 63.3 Å². The Labute approximate surface area is 371 Å². The molecule has 0 aromatic heterocycles. The summed E-state index contributed by atoms with van der Waals surface area (Å²) in [4.78, 5) is 51.0. The Bertz CT molecular complexity index is 1390. The molecule has 0 aliphatic carbocycles. The second kappa shape index (κ2) is 25.5. The van der Waals surface area contributed by atoms with Gasteiger partial charge in [0.1, 0.15) is 0 Å². The number of nitrogens with zero attached hydrogens (tertiary/aromatic N) is 2. The molecule has 2 heterocycles. The van der Waals surface area contributed by atoms with E-state index in [0.717, 1.165) is 64.2 Å². The van der Waals surface area contributed by atoms with Crippen molar-refractivity contribution in [2.45, 2.75) is 239 Å².